The van der Waals surface area contributed by atoms with Crippen molar-refractivity contribution < 1.29 is 51.0 Å². The summed E-state index contributed by atoms with van der Waals surface area (Å²) in [6.45, 7) is 20.6. The van der Waals surface area contributed by atoms with Crippen LogP contribution in [0.2, 0.25) is 25.7 Å². The molecule has 3 aliphatic heterocycles. The lowest BCUT2D eigenvalue weighted by molar-refractivity contribution is -0.110. The van der Waals surface area contributed by atoms with Crippen molar-refractivity contribution in [2.75, 3.05) is 77.4 Å². The molecule has 452 valence electrons. The van der Waals surface area contributed by atoms with Crippen LogP contribution in [-0.4, -0.2) is 114 Å². The number of carbonyl (C=O) groups excluding carboxylic acids is 4. The zero-order chi connectivity index (χ0) is 61.1. The van der Waals surface area contributed by atoms with Crippen LogP contribution in [0.1, 0.15) is 89.8 Å². The Morgan fingerprint density at radius 1 is 0.714 bits per heavy atom. The highest BCUT2D eigenvalue weighted by Crippen LogP contribution is 2.37. The fourth-order valence-corrected chi connectivity index (χ4v) is 10.1. The number of allylic oxidation sites excluding steroid dienone is 1. The molecule has 3 aliphatic rings. The second-order valence-electron chi connectivity index (χ2n) is 24.0. The molecule has 84 heavy (non-hydrogen) atoms. The first kappa shape index (κ1) is 63.7. The lowest BCUT2D eigenvalue weighted by Gasteiger charge is -2.35. The summed E-state index contributed by atoms with van der Waals surface area (Å²) in [4.78, 5) is 71.9. The molecule has 25 heteroatoms. The van der Waals surface area contributed by atoms with Crippen LogP contribution in [0.25, 0.3) is 17.0 Å². The smallest absolute Gasteiger partial charge is 0.413 e. The third kappa shape index (κ3) is 18.1. The number of halogens is 4. The largest absolute Gasteiger partial charge is 0.444 e. The number of benzene rings is 2. The number of piperidine rings is 2. The maximum Gasteiger partial charge on any atom is 0.413 e. The fraction of sp³-hybridized carbons (Fsp3) is 0.458. The van der Waals surface area contributed by atoms with Gasteiger partial charge in [0.1, 0.15) is 35.3 Å². The number of aliphatic imine (C=N–C) groups is 1. The minimum Gasteiger partial charge on any atom is -0.444 e. The number of pyridine rings is 2. The van der Waals surface area contributed by atoms with Crippen LogP contribution in [0.4, 0.5) is 61.5 Å². The topological polar surface area (TPSA) is 259 Å². The molecule has 0 saturated carbocycles. The summed E-state index contributed by atoms with van der Waals surface area (Å²) in [7, 11) is -1.40. The molecular formula is C59H77F4N13O7Si. The van der Waals surface area contributed by atoms with Crippen LogP contribution in [-0.2, 0) is 25.7 Å². The molecule has 3 aromatic heterocycles. The van der Waals surface area contributed by atoms with Gasteiger partial charge in [-0.15, -0.1) is 0 Å². The molecule has 2 saturated heterocycles. The van der Waals surface area contributed by atoms with Crippen LogP contribution >= 0.6 is 0 Å². The number of anilines is 6. The van der Waals surface area contributed by atoms with Crippen molar-refractivity contribution in [2.24, 2.45) is 22.6 Å². The van der Waals surface area contributed by atoms with E-state index >= 15 is 4.39 Å². The maximum absolute atomic E-state index is 15.5. The first-order valence-corrected chi connectivity index (χ1v) is 31.7. The van der Waals surface area contributed by atoms with Crippen molar-refractivity contribution in [3.8, 4) is 11.3 Å². The SMILES string of the molecule is CC(C)(C)OC(=O)NCC1CCN(c2c(NC(=O)c3nc(-c4ccnc(NC(=O)OC(C)(C)C)c4)cn3COCC[Si](C)(C)C)ccc(F)c2F)CC1.NCC1CCN(c2c(NC(=O)C3=NC(c4ccnc(N)c4)=CC3)ccc(F)c2F)CC1. The quantitative estimate of drug-likeness (QED) is 0.0288. The van der Waals surface area contributed by atoms with Crippen LogP contribution in [0.15, 0.2) is 78.2 Å². The van der Waals surface area contributed by atoms with Gasteiger partial charge in [-0.3, -0.25) is 14.9 Å². The Kier molecular flexibility index (Phi) is 21.0. The number of carbonyl (C=O) groups is 4. The van der Waals surface area contributed by atoms with Crippen molar-refractivity contribution in [2.45, 2.75) is 117 Å². The van der Waals surface area contributed by atoms with E-state index in [2.05, 4.69) is 60.9 Å². The minimum absolute atomic E-state index is 0.0177. The Labute approximate surface area is 488 Å². The Morgan fingerprint density at radius 2 is 1.27 bits per heavy atom. The number of hydrogen-bond acceptors (Lipinski definition) is 15. The number of amides is 4. The fourth-order valence-electron chi connectivity index (χ4n) is 9.37. The lowest BCUT2D eigenvalue weighted by Crippen LogP contribution is -2.40. The Balaban J connectivity index is 0.000000275. The molecule has 4 amide bonds. The number of nitrogens with zero attached hydrogens (tertiary/aromatic N) is 7. The molecule has 0 bridgehead atoms. The Hall–Kier alpha value is -7.90. The number of rotatable bonds is 17. The predicted octanol–water partition coefficient (Wildman–Crippen LogP) is 10.8. The summed E-state index contributed by atoms with van der Waals surface area (Å²) in [6.07, 6.45) is 8.44. The Morgan fingerprint density at radius 3 is 1.85 bits per heavy atom. The second-order valence-corrected chi connectivity index (χ2v) is 29.7. The van der Waals surface area contributed by atoms with Gasteiger partial charge in [0, 0.05) is 83.5 Å². The molecule has 8 rings (SSSR count). The van der Waals surface area contributed by atoms with Gasteiger partial charge in [-0.2, -0.15) is 0 Å². The van der Waals surface area contributed by atoms with Gasteiger partial charge in [0.2, 0.25) is 5.82 Å². The van der Waals surface area contributed by atoms with E-state index in [0.717, 1.165) is 36.6 Å². The third-order valence-corrected chi connectivity index (χ3v) is 15.4. The highest BCUT2D eigenvalue weighted by atomic mass is 28.3. The molecule has 0 radical (unpaired) electrons. The van der Waals surface area contributed by atoms with Gasteiger partial charge >= 0.3 is 12.2 Å². The van der Waals surface area contributed by atoms with Crippen molar-refractivity contribution in [3.63, 3.8) is 0 Å². The van der Waals surface area contributed by atoms with Crippen LogP contribution in [0, 0.1) is 35.1 Å². The van der Waals surface area contributed by atoms with Crippen molar-refractivity contribution in [1.29, 1.82) is 0 Å². The van der Waals surface area contributed by atoms with Crippen molar-refractivity contribution in [1.82, 2.24) is 24.8 Å². The summed E-state index contributed by atoms with van der Waals surface area (Å²) in [5, 5.41) is 10.9. The number of imidazole rings is 1. The molecule has 8 N–H and O–H groups in total. The molecule has 5 aromatic rings. The number of nitrogen functional groups attached to an aromatic ring is 1. The highest BCUT2D eigenvalue weighted by molar-refractivity contribution is 6.76. The van der Waals surface area contributed by atoms with E-state index in [0.29, 0.717) is 93.8 Å². The maximum atomic E-state index is 15.5. The van der Waals surface area contributed by atoms with Gasteiger partial charge in [-0.05, 0) is 140 Å². The average molecular weight is 1180 g/mol. The molecule has 2 fully saturated rings. The zero-order valence-electron chi connectivity index (χ0n) is 49.1. The molecule has 20 nitrogen and oxygen atoms in total. The monoisotopic (exact) mass is 1180 g/mol. The van der Waals surface area contributed by atoms with E-state index in [1.54, 1.807) is 92.6 Å². The molecule has 6 heterocycles. The molecule has 0 aliphatic carbocycles. The molecule has 0 atom stereocenters. The standard InChI is InChI=1S/C37H53F2N7O6Si.C22H24F2N6O/c1-36(2,3)51-34(48)41-21-24-13-16-45(17-14-24)31-27(11-10-26(38)30(31)39)43-33(47)32-42-28(22-46(32)23-50-18-19-53(7,8)9)25-12-15-40-29(20-25)44-35(49)52-37(4,5)6;23-15-1-2-17(21(20(15)24)30-9-6-13(12-25)7-10-30)29-22(31)18-4-3-16(28-18)14-5-8-27-19(26)11-14/h10-12,15,20,22,24H,13-14,16-19,21,23H2,1-9H3,(H,41,48)(H,43,47)(H,40,44,49);1-3,5,8,11,13H,4,6-7,9-10,12,25H2,(H2,26,27)(H,29,31). The zero-order valence-corrected chi connectivity index (χ0v) is 50.1. The van der Waals surface area contributed by atoms with E-state index in [-0.39, 0.29) is 52.8 Å². The molecule has 2 aromatic carbocycles. The van der Waals surface area contributed by atoms with E-state index in [4.69, 9.17) is 25.7 Å². The lowest BCUT2D eigenvalue weighted by atomic mass is 9.96. The second kappa shape index (κ2) is 27.7. The number of aromatic nitrogens is 4. The number of alkyl carbamates (subject to hydrolysis) is 1. The summed E-state index contributed by atoms with van der Waals surface area (Å²) >= 11 is 0. The normalized spacial score (nSPS) is 15.1. The Bertz CT molecular complexity index is 3230. The first-order valence-electron chi connectivity index (χ1n) is 28.0. The molecule has 0 spiro atoms. The van der Waals surface area contributed by atoms with Crippen LogP contribution in [0.3, 0.4) is 0 Å². The van der Waals surface area contributed by atoms with Gasteiger partial charge in [0.15, 0.2) is 23.3 Å². The van der Waals surface area contributed by atoms with E-state index in [1.165, 1.54) is 18.3 Å². The van der Waals surface area contributed by atoms with E-state index in [1.807, 2.05) is 6.08 Å². The number of nitrogens with one attached hydrogen (secondary N) is 4. The van der Waals surface area contributed by atoms with E-state index in [9.17, 15) is 32.3 Å². The third-order valence-electron chi connectivity index (χ3n) is 13.7. The van der Waals surface area contributed by atoms with Gasteiger partial charge in [-0.25, -0.2) is 47.1 Å². The number of ether oxygens (including phenoxy) is 3. The number of hydrogen-bond donors (Lipinski definition) is 6. The van der Waals surface area contributed by atoms with Gasteiger partial charge in [0.25, 0.3) is 11.8 Å². The van der Waals surface area contributed by atoms with Crippen molar-refractivity contribution >= 4 is 77.9 Å². The summed E-state index contributed by atoms with van der Waals surface area (Å²) in [5.74, 6) is -4.13. The average Bonchev–Trinajstić information content (AvgIpc) is 2.91. The predicted molar refractivity (Wildman–Crippen MR) is 321 cm³/mol. The van der Waals surface area contributed by atoms with Crippen LogP contribution < -0.4 is 42.5 Å². The van der Waals surface area contributed by atoms with E-state index < -0.39 is 66.5 Å². The first-order chi connectivity index (χ1) is 39.6. The summed E-state index contributed by atoms with van der Waals surface area (Å²) < 4.78 is 77.1. The number of nitrogens with two attached hydrogens (primary N) is 2. The van der Waals surface area contributed by atoms with Gasteiger partial charge in [0.05, 0.1) is 34.1 Å². The van der Waals surface area contributed by atoms with Crippen molar-refractivity contribution in [3.05, 3.63) is 108 Å². The summed E-state index contributed by atoms with van der Waals surface area (Å²) in [5.41, 5.74) is 13.0. The highest BCUT2D eigenvalue weighted by Gasteiger charge is 2.30. The van der Waals surface area contributed by atoms with Gasteiger partial charge in [-0.1, -0.05) is 25.7 Å². The van der Waals surface area contributed by atoms with Crippen LogP contribution in [0.5, 0.6) is 0 Å². The summed E-state index contributed by atoms with van der Waals surface area (Å²) in [6, 6.07) is 12.3. The molecular weight excluding hydrogens is 1110 g/mol. The molecule has 0 unspecified atom stereocenters. The minimum atomic E-state index is -1.40. The van der Waals surface area contributed by atoms with Gasteiger partial charge < -0.3 is 56.0 Å².